The number of hydrogen-bond donors (Lipinski definition) is 0. The SMILES string of the molecule is Cc1ccc(OCCN2C(=O)S/C(=C\c3cc(C)n(Cc4ccco4)c3C)C2=O)cc1. The first-order valence-electron chi connectivity index (χ1n) is 10.1. The van der Waals surface area contributed by atoms with Crippen LogP contribution in [0.1, 0.15) is 28.3 Å². The molecule has 160 valence electrons. The molecule has 1 fully saturated rings. The predicted octanol–water partition coefficient (Wildman–Crippen LogP) is 5.17. The molecule has 31 heavy (non-hydrogen) atoms. The van der Waals surface area contributed by atoms with Crippen LogP contribution in [-0.2, 0) is 11.3 Å². The van der Waals surface area contributed by atoms with Crippen molar-refractivity contribution in [2.24, 2.45) is 0 Å². The first-order chi connectivity index (χ1) is 14.9. The van der Waals surface area contributed by atoms with Gasteiger partial charge in [0.05, 0.1) is 24.3 Å². The van der Waals surface area contributed by atoms with Crippen molar-refractivity contribution in [3.8, 4) is 5.75 Å². The number of carbonyl (C=O) groups is 2. The number of thioether (sulfide) groups is 1. The van der Waals surface area contributed by atoms with Gasteiger partial charge in [0.1, 0.15) is 18.1 Å². The van der Waals surface area contributed by atoms with Gasteiger partial charge in [0.15, 0.2) is 0 Å². The van der Waals surface area contributed by atoms with Gasteiger partial charge >= 0.3 is 0 Å². The van der Waals surface area contributed by atoms with Crippen LogP contribution < -0.4 is 4.74 Å². The summed E-state index contributed by atoms with van der Waals surface area (Å²) in [6.45, 7) is 7.11. The summed E-state index contributed by atoms with van der Waals surface area (Å²) in [5.41, 5.74) is 4.15. The van der Waals surface area contributed by atoms with Crippen LogP contribution in [0.5, 0.6) is 5.75 Å². The Morgan fingerprint density at radius 1 is 1.10 bits per heavy atom. The predicted molar refractivity (Wildman–Crippen MR) is 121 cm³/mol. The summed E-state index contributed by atoms with van der Waals surface area (Å²) >= 11 is 0.969. The van der Waals surface area contributed by atoms with Gasteiger partial charge in [-0.15, -0.1) is 0 Å². The van der Waals surface area contributed by atoms with Crippen molar-refractivity contribution in [2.75, 3.05) is 13.2 Å². The number of furan rings is 1. The van der Waals surface area contributed by atoms with E-state index in [1.165, 1.54) is 4.90 Å². The van der Waals surface area contributed by atoms with Crippen LogP contribution in [0.3, 0.4) is 0 Å². The smallest absolute Gasteiger partial charge is 0.293 e. The highest BCUT2D eigenvalue weighted by molar-refractivity contribution is 8.18. The Morgan fingerprint density at radius 3 is 2.58 bits per heavy atom. The normalized spacial score (nSPS) is 15.3. The maximum atomic E-state index is 12.8. The number of carbonyl (C=O) groups excluding carboxylic acids is 2. The highest BCUT2D eigenvalue weighted by Gasteiger charge is 2.35. The highest BCUT2D eigenvalue weighted by Crippen LogP contribution is 2.33. The fraction of sp³-hybridized carbons (Fsp3) is 0.250. The molecule has 0 radical (unpaired) electrons. The molecule has 3 heterocycles. The minimum Gasteiger partial charge on any atom is -0.492 e. The monoisotopic (exact) mass is 436 g/mol. The van der Waals surface area contributed by atoms with Crippen LogP contribution in [0.2, 0.25) is 0 Å². The van der Waals surface area contributed by atoms with Gasteiger partial charge in [0.25, 0.3) is 11.1 Å². The zero-order valence-electron chi connectivity index (χ0n) is 17.8. The Labute approximate surface area is 185 Å². The van der Waals surface area contributed by atoms with Crippen LogP contribution >= 0.6 is 11.8 Å². The Bertz CT molecular complexity index is 1130. The maximum absolute atomic E-state index is 12.8. The maximum Gasteiger partial charge on any atom is 0.293 e. The van der Waals surface area contributed by atoms with Gasteiger partial charge in [-0.2, -0.15) is 0 Å². The molecule has 3 aromatic rings. The molecule has 0 unspecified atom stereocenters. The van der Waals surface area contributed by atoms with Gasteiger partial charge < -0.3 is 13.7 Å². The lowest BCUT2D eigenvalue weighted by Crippen LogP contribution is -2.32. The van der Waals surface area contributed by atoms with Gasteiger partial charge in [-0.05, 0) is 74.5 Å². The second kappa shape index (κ2) is 8.89. The van der Waals surface area contributed by atoms with Crippen molar-refractivity contribution < 1.29 is 18.7 Å². The molecule has 2 amide bonds. The summed E-state index contributed by atoms with van der Waals surface area (Å²) in [4.78, 5) is 26.9. The highest BCUT2D eigenvalue weighted by atomic mass is 32.2. The van der Waals surface area contributed by atoms with E-state index in [1.807, 2.05) is 63.2 Å². The molecule has 0 N–H and O–H groups in total. The summed E-state index contributed by atoms with van der Waals surface area (Å²) in [5, 5.41) is -0.270. The van der Waals surface area contributed by atoms with Crippen LogP contribution in [0.15, 0.2) is 58.1 Å². The molecule has 0 spiro atoms. The Hall–Kier alpha value is -3.19. The average Bonchev–Trinajstić information content (AvgIpc) is 3.42. The number of nitrogens with zero attached hydrogens (tertiary/aromatic N) is 2. The summed E-state index contributed by atoms with van der Waals surface area (Å²) in [6, 6.07) is 13.5. The average molecular weight is 437 g/mol. The molecule has 0 bridgehead atoms. The fourth-order valence-electron chi connectivity index (χ4n) is 3.50. The third-order valence-corrected chi connectivity index (χ3v) is 6.18. The van der Waals surface area contributed by atoms with E-state index in [4.69, 9.17) is 9.15 Å². The van der Waals surface area contributed by atoms with Crippen LogP contribution in [-0.4, -0.2) is 33.8 Å². The molecule has 0 atom stereocenters. The molecule has 1 aromatic carbocycles. The molecule has 6 nitrogen and oxygen atoms in total. The minimum absolute atomic E-state index is 0.216. The lowest BCUT2D eigenvalue weighted by Gasteiger charge is -2.13. The van der Waals surface area contributed by atoms with Gasteiger partial charge in [0, 0.05) is 11.4 Å². The molecular formula is C24H24N2O4S. The number of rotatable bonds is 7. The van der Waals surface area contributed by atoms with Gasteiger partial charge in [-0.25, -0.2) is 0 Å². The van der Waals surface area contributed by atoms with E-state index in [2.05, 4.69) is 4.57 Å². The standard InChI is InChI=1S/C24H24N2O4S/c1-16-6-8-20(9-7-16)30-12-10-25-23(27)22(31-24(25)28)14-19-13-17(2)26(18(19)3)15-21-5-4-11-29-21/h4-9,11,13-14H,10,12,15H2,1-3H3/b22-14-. The van der Waals surface area contributed by atoms with Gasteiger partial charge in [0.2, 0.25) is 0 Å². The topological polar surface area (TPSA) is 64.7 Å². The summed E-state index contributed by atoms with van der Waals surface area (Å²) in [6.07, 6.45) is 3.45. The van der Waals surface area contributed by atoms with Gasteiger partial charge in [-0.1, -0.05) is 17.7 Å². The number of imide groups is 1. The Kier molecular flexibility index (Phi) is 6.04. The second-order valence-corrected chi connectivity index (χ2v) is 8.48. The van der Waals surface area contributed by atoms with E-state index < -0.39 is 0 Å². The van der Waals surface area contributed by atoms with Crippen LogP contribution in [0.4, 0.5) is 4.79 Å². The number of amides is 2. The van der Waals surface area contributed by atoms with Crippen LogP contribution in [0.25, 0.3) is 6.08 Å². The van der Waals surface area contributed by atoms with Crippen molar-refractivity contribution in [2.45, 2.75) is 27.3 Å². The van der Waals surface area contributed by atoms with E-state index in [0.29, 0.717) is 11.4 Å². The molecule has 0 saturated carbocycles. The van der Waals surface area contributed by atoms with E-state index in [0.717, 1.165) is 45.8 Å². The van der Waals surface area contributed by atoms with Crippen molar-refractivity contribution in [1.82, 2.24) is 9.47 Å². The first kappa shape index (κ1) is 21.1. The zero-order chi connectivity index (χ0) is 22.0. The van der Waals surface area contributed by atoms with Gasteiger partial charge in [-0.3, -0.25) is 14.5 Å². The lowest BCUT2D eigenvalue weighted by molar-refractivity contribution is -0.123. The third kappa shape index (κ3) is 4.61. The number of hydrogen-bond acceptors (Lipinski definition) is 5. The molecule has 0 aliphatic carbocycles. The Morgan fingerprint density at radius 2 is 1.87 bits per heavy atom. The van der Waals surface area contributed by atoms with Crippen molar-refractivity contribution in [3.05, 3.63) is 81.9 Å². The summed E-state index contributed by atoms with van der Waals surface area (Å²) in [5.74, 6) is 1.30. The summed E-state index contributed by atoms with van der Waals surface area (Å²) < 4.78 is 13.3. The Balaban J connectivity index is 1.44. The van der Waals surface area contributed by atoms with E-state index >= 15 is 0 Å². The number of aromatic nitrogens is 1. The molecule has 7 heteroatoms. The zero-order valence-corrected chi connectivity index (χ0v) is 18.6. The van der Waals surface area contributed by atoms with E-state index in [-0.39, 0.29) is 24.3 Å². The fourth-order valence-corrected chi connectivity index (χ4v) is 4.35. The van der Waals surface area contributed by atoms with Crippen molar-refractivity contribution >= 4 is 29.0 Å². The van der Waals surface area contributed by atoms with Crippen molar-refractivity contribution in [1.29, 1.82) is 0 Å². The quantitative estimate of drug-likeness (QED) is 0.478. The largest absolute Gasteiger partial charge is 0.492 e. The van der Waals surface area contributed by atoms with Crippen LogP contribution in [0, 0.1) is 20.8 Å². The first-order valence-corrected chi connectivity index (χ1v) is 10.9. The molecule has 1 aliphatic rings. The molecule has 1 aliphatic heterocycles. The minimum atomic E-state index is -0.279. The number of aryl methyl sites for hydroxylation is 2. The lowest BCUT2D eigenvalue weighted by atomic mass is 10.2. The number of benzene rings is 1. The number of ether oxygens (including phenoxy) is 1. The summed E-state index contributed by atoms with van der Waals surface area (Å²) in [7, 11) is 0. The molecule has 2 aromatic heterocycles. The van der Waals surface area contributed by atoms with E-state index in [9.17, 15) is 9.59 Å². The second-order valence-electron chi connectivity index (χ2n) is 7.49. The molecule has 4 rings (SSSR count). The third-order valence-electron chi connectivity index (χ3n) is 5.27. The molecular weight excluding hydrogens is 412 g/mol. The molecule has 1 saturated heterocycles. The van der Waals surface area contributed by atoms with E-state index in [1.54, 1.807) is 12.3 Å². The van der Waals surface area contributed by atoms with Crippen molar-refractivity contribution in [3.63, 3.8) is 0 Å².